The maximum absolute atomic E-state index is 13.3. The molecule has 3 amide bonds. The summed E-state index contributed by atoms with van der Waals surface area (Å²) < 4.78 is 5.53. The van der Waals surface area contributed by atoms with Crippen molar-refractivity contribution in [3.8, 4) is 0 Å². The van der Waals surface area contributed by atoms with Crippen LogP contribution in [-0.4, -0.2) is 73.0 Å². The number of nitrogens with zero attached hydrogens (tertiary/aromatic N) is 3. The van der Waals surface area contributed by atoms with Gasteiger partial charge in [-0.25, -0.2) is 0 Å². The minimum Gasteiger partial charge on any atom is -0.368 e. The molecular formula is C25H33N3O4. The SMILES string of the molecule is CC(=O)N1CC2(CCCCC2)c2cc(C(=O)N3CCN(C(=O)C4CCCO4)CC3)ccc21. The molecule has 5 rings (SSSR count). The molecule has 1 unspecified atom stereocenters. The second-order valence-corrected chi connectivity index (χ2v) is 9.80. The molecule has 3 fully saturated rings. The highest BCUT2D eigenvalue weighted by Crippen LogP contribution is 2.49. The van der Waals surface area contributed by atoms with Gasteiger partial charge in [0.05, 0.1) is 0 Å². The highest BCUT2D eigenvalue weighted by molar-refractivity contribution is 5.98. The molecule has 0 radical (unpaired) electrons. The van der Waals surface area contributed by atoms with Crippen LogP contribution < -0.4 is 4.90 Å². The van der Waals surface area contributed by atoms with Crippen molar-refractivity contribution >= 4 is 23.4 Å². The fourth-order valence-corrected chi connectivity index (χ4v) is 6.03. The first-order chi connectivity index (χ1) is 15.5. The van der Waals surface area contributed by atoms with E-state index < -0.39 is 0 Å². The standard InChI is InChI=1S/C25H33N3O4/c1-18(29)28-17-25(9-3-2-4-10-25)20-16-19(7-8-21(20)28)23(30)26-11-13-27(14-12-26)24(31)22-6-5-15-32-22/h7-8,16,22H,2-6,9-15,17H2,1H3. The molecule has 1 saturated carbocycles. The van der Waals surface area contributed by atoms with E-state index in [0.717, 1.165) is 37.9 Å². The largest absolute Gasteiger partial charge is 0.368 e. The fourth-order valence-electron chi connectivity index (χ4n) is 6.03. The second kappa shape index (κ2) is 8.50. The highest BCUT2D eigenvalue weighted by Gasteiger charge is 2.45. The quantitative estimate of drug-likeness (QED) is 0.711. The van der Waals surface area contributed by atoms with Crippen molar-refractivity contribution in [3.63, 3.8) is 0 Å². The van der Waals surface area contributed by atoms with Crippen molar-refractivity contribution in [2.75, 3.05) is 44.2 Å². The van der Waals surface area contributed by atoms with Gasteiger partial charge >= 0.3 is 0 Å². The molecule has 0 N–H and O–H groups in total. The Morgan fingerprint density at radius 2 is 1.69 bits per heavy atom. The third-order valence-electron chi connectivity index (χ3n) is 7.84. The normalized spacial score (nSPS) is 24.7. The molecule has 2 saturated heterocycles. The van der Waals surface area contributed by atoms with Crippen LogP contribution in [0.5, 0.6) is 0 Å². The zero-order valence-corrected chi connectivity index (χ0v) is 19.0. The summed E-state index contributed by atoms with van der Waals surface area (Å²) in [6.45, 7) is 5.21. The van der Waals surface area contributed by atoms with Crippen LogP contribution in [0.2, 0.25) is 0 Å². The smallest absolute Gasteiger partial charge is 0.253 e. The van der Waals surface area contributed by atoms with E-state index in [1.54, 1.807) is 6.92 Å². The third-order valence-corrected chi connectivity index (χ3v) is 7.84. The van der Waals surface area contributed by atoms with Crippen molar-refractivity contribution < 1.29 is 19.1 Å². The van der Waals surface area contributed by atoms with Gasteiger partial charge in [-0.05, 0) is 49.4 Å². The summed E-state index contributed by atoms with van der Waals surface area (Å²) in [5.74, 6) is 0.153. The Morgan fingerprint density at radius 3 is 2.34 bits per heavy atom. The third kappa shape index (κ3) is 3.70. The van der Waals surface area contributed by atoms with Gasteiger partial charge in [0.15, 0.2) is 0 Å². The second-order valence-electron chi connectivity index (χ2n) is 9.80. The summed E-state index contributed by atoms with van der Waals surface area (Å²) in [4.78, 5) is 43.8. The van der Waals surface area contributed by atoms with Crippen LogP contribution in [0, 0.1) is 0 Å². The van der Waals surface area contributed by atoms with Crippen LogP contribution in [0.4, 0.5) is 5.69 Å². The first kappa shape index (κ1) is 21.4. The van der Waals surface area contributed by atoms with Gasteiger partial charge in [-0.1, -0.05) is 19.3 Å². The summed E-state index contributed by atoms with van der Waals surface area (Å²) in [6, 6.07) is 5.88. The Kier molecular flexibility index (Phi) is 5.70. The van der Waals surface area contributed by atoms with Crippen LogP contribution in [0.15, 0.2) is 18.2 Å². The molecule has 0 aromatic heterocycles. The van der Waals surface area contributed by atoms with Crippen LogP contribution in [0.1, 0.15) is 67.8 Å². The maximum Gasteiger partial charge on any atom is 0.253 e. The van der Waals surface area contributed by atoms with E-state index in [9.17, 15) is 14.4 Å². The molecule has 7 heteroatoms. The average Bonchev–Trinajstić information content (AvgIpc) is 3.46. The van der Waals surface area contributed by atoms with Gasteiger partial charge in [-0.15, -0.1) is 0 Å². The van der Waals surface area contributed by atoms with Gasteiger partial charge in [0, 0.05) is 62.9 Å². The van der Waals surface area contributed by atoms with Crippen molar-refractivity contribution in [1.29, 1.82) is 0 Å². The van der Waals surface area contributed by atoms with Gasteiger partial charge in [-0.2, -0.15) is 0 Å². The number of piperazine rings is 1. The van der Waals surface area contributed by atoms with Crippen LogP contribution in [-0.2, 0) is 19.7 Å². The van der Waals surface area contributed by atoms with E-state index in [-0.39, 0.29) is 29.2 Å². The predicted octanol–water partition coefficient (Wildman–Crippen LogP) is 2.72. The topological polar surface area (TPSA) is 70.2 Å². The van der Waals surface area contributed by atoms with E-state index in [1.165, 1.54) is 24.8 Å². The number of amides is 3. The Bertz CT molecular complexity index is 910. The first-order valence-corrected chi connectivity index (χ1v) is 12.1. The van der Waals surface area contributed by atoms with Crippen molar-refractivity contribution in [2.24, 2.45) is 0 Å². The first-order valence-electron chi connectivity index (χ1n) is 12.1. The van der Waals surface area contributed by atoms with Gasteiger partial charge in [0.25, 0.3) is 11.8 Å². The molecule has 7 nitrogen and oxygen atoms in total. The Hall–Kier alpha value is -2.41. The lowest BCUT2D eigenvalue weighted by molar-refractivity contribution is -0.142. The highest BCUT2D eigenvalue weighted by atomic mass is 16.5. The number of hydrogen-bond donors (Lipinski definition) is 0. The van der Waals surface area contributed by atoms with E-state index in [0.29, 0.717) is 38.3 Å². The molecule has 4 aliphatic rings. The van der Waals surface area contributed by atoms with Crippen molar-refractivity contribution in [3.05, 3.63) is 29.3 Å². The summed E-state index contributed by atoms with van der Waals surface area (Å²) in [5, 5.41) is 0. The van der Waals surface area contributed by atoms with Crippen molar-refractivity contribution in [2.45, 2.75) is 63.4 Å². The van der Waals surface area contributed by atoms with E-state index in [4.69, 9.17) is 4.74 Å². The van der Waals surface area contributed by atoms with Gasteiger partial charge in [-0.3, -0.25) is 14.4 Å². The van der Waals surface area contributed by atoms with E-state index in [2.05, 4.69) is 6.07 Å². The predicted molar refractivity (Wildman–Crippen MR) is 121 cm³/mol. The molecule has 1 aromatic rings. The summed E-state index contributed by atoms with van der Waals surface area (Å²) in [6.07, 6.45) is 7.17. The maximum atomic E-state index is 13.3. The Morgan fingerprint density at radius 1 is 0.969 bits per heavy atom. The average molecular weight is 440 g/mol. The summed E-state index contributed by atoms with van der Waals surface area (Å²) >= 11 is 0. The lowest BCUT2D eigenvalue weighted by Gasteiger charge is -2.36. The summed E-state index contributed by atoms with van der Waals surface area (Å²) in [5.41, 5.74) is 2.83. The number of carbonyl (C=O) groups is 3. The monoisotopic (exact) mass is 439 g/mol. The molecule has 3 aliphatic heterocycles. The fraction of sp³-hybridized carbons (Fsp3) is 0.640. The number of rotatable bonds is 2. The molecule has 172 valence electrons. The van der Waals surface area contributed by atoms with Gasteiger partial charge in [0.2, 0.25) is 5.91 Å². The zero-order valence-electron chi connectivity index (χ0n) is 19.0. The Labute approximate surface area is 189 Å². The lowest BCUT2D eigenvalue weighted by Crippen LogP contribution is -2.52. The molecule has 0 bridgehead atoms. The van der Waals surface area contributed by atoms with Gasteiger partial charge in [0.1, 0.15) is 6.10 Å². The van der Waals surface area contributed by atoms with Crippen molar-refractivity contribution in [1.82, 2.24) is 9.80 Å². The number of anilines is 1. The minimum atomic E-state index is -0.301. The lowest BCUT2D eigenvalue weighted by atomic mass is 9.70. The minimum absolute atomic E-state index is 0.0120. The molecule has 1 atom stereocenters. The van der Waals surface area contributed by atoms with Crippen LogP contribution in [0.3, 0.4) is 0 Å². The molecular weight excluding hydrogens is 406 g/mol. The summed E-state index contributed by atoms with van der Waals surface area (Å²) in [7, 11) is 0. The van der Waals surface area contributed by atoms with Crippen LogP contribution in [0.25, 0.3) is 0 Å². The van der Waals surface area contributed by atoms with E-state index in [1.807, 2.05) is 26.8 Å². The van der Waals surface area contributed by atoms with Crippen LogP contribution >= 0.6 is 0 Å². The number of hydrogen-bond acceptors (Lipinski definition) is 4. The van der Waals surface area contributed by atoms with Gasteiger partial charge < -0.3 is 19.4 Å². The number of ether oxygens (including phenoxy) is 1. The number of benzene rings is 1. The zero-order chi connectivity index (χ0) is 22.3. The molecule has 32 heavy (non-hydrogen) atoms. The molecule has 1 aromatic carbocycles. The molecule has 3 heterocycles. The molecule has 1 aliphatic carbocycles. The molecule has 1 spiro atoms. The number of fused-ring (bicyclic) bond motifs is 2. The van der Waals surface area contributed by atoms with E-state index >= 15 is 0 Å². The Balaban J connectivity index is 1.31. The number of carbonyl (C=O) groups excluding carboxylic acids is 3.